The number of rotatable bonds is 5. The summed E-state index contributed by atoms with van der Waals surface area (Å²) in [5.74, 6) is 1.69. The highest BCUT2D eigenvalue weighted by Crippen LogP contribution is 2.17. The van der Waals surface area contributed by atoms with Gasteiger partial charge < -0.3 is 9.47 Å². The van der Waals surface area contributed by atoms with Gasteiger partial charge in [0.25, 0.3) is 0 Å². The molecular weight excluding hydrogens is 238 g/mol. The fourth-order valence-corrected chi connectivity index (χ4v) is 1.91. The topological polar surface area (TPSA) is 31.4 Å². The molecule has 0 N–H and O–H groups in total. The van der Waals surface area contributed by atoms with Gasteiger partial charge in [-0.25, -0.2) is 0 Å². The molecule has 0 spiro atoms. The maximum Gasteiger partial charge on any atom is 0.130 e. The van der Waals surface area contributed by atoms with Crippen LogP contribution >= 0.6 is 0 Å². The minimum atomic E-state index is 0.450. The third-order valence-corrected chi connectivity index (χ3v) is 2.91. The van der Waals surface area contributed by atoms with Crippen LogP contribution < -0.4 is 9.47 Å². The molecule has 1 aromatic heterocycles. The minimum absolute atomic E-state index is 0.450. The SMILES string of the molecule is CCc1cccc(OCc2cc(OC)cc(C)n2)c1. The molecule has 19 heavy (non-hydrogen) atoms. The first-order chi connectivity index (χ1) is 9.21. The molecule has 0 atom stereocenters. The molecule has 0 radical (unpaired) electrons. The predicted molar refractivity (Wildman–Crippen MR) is 75.7 cm³/mol. The molecule has 0 aliphatic heterocycles. The summed E-state index contributed by atoms with van der Waals surface area (Å²) in [6.45, 7) is 4.53. The number of hydrogen-bond donors (Lipinski definition) is 0. The van der Waals surface area contributed by atoms with Crippen LogP contribution in [0.3, 0.4) is 0 Å². The van der Waals surface area contributed by atoms with Gasteiger partial charge in [0.2, 0.25) is 0 Å². The van der Waals surface area contributed by atoms with Crippen molar-refractivity contribution in [3.8, 4) is 11.5 Å². The van der Waals surface area contributed by atoms with E-state index in [1.807, 2.05) is 31.2 Å². The quantitative estimate of drug-likeness (QED) is 0.821. The zero-order chi connectivity index (χ0) is 13.7. The number of benzene rings is 1. The third-order valence-electron chi connectivity index (χ3n) is 2.91. The van der Waals surface area contributed by atoms with E-state index in [2.05, 4.69) is 24.0 Å². The van der Waals surface area contributed by atoms with Crippen molar-refractivity contribution >= 4 is 0 Å². The lowest BCUT2D eigenvalue weighted by atomic mass is 10.2. The van der Waals surface area contributed by atoms with Gasteiger partial charge in [0.15, 0.2) is 0 Å². The Hall–Kier alpha value is -2.03. The monoisotopic (exact) mass is 257 g/mol. The highest BCUT2D eigenvalue weighted by atomic mass is 16.5. The molecule has 0 amide bonds. The standard InChI is InChI=1S/C16H19NO2/c1-4-13-6-5-7-15(9-13)19-11-14-10-16(18-3)8-12(2)17-14/h5-10H,4,11H2,1-3H3. The van der Waals surface area contributed by atoms with E-state index in [4.69, 9.17) is 9.47 Å². The number of pyridine rings is 1. The normalized spacial score (nSPS) is 10.3. The first-order valence-electron chi connectivity index (χ1n) is 6.44. The molecule has 0 saturated heterocycles. The molecule has 2 aromatic rings. The van der Waals surface area contributed by atoms with Gasteiger partial charge in [-0.05, 0) is 31.0 Å². The van der Waals surface area contributed by atoms with Crippen LogP contribution in [0.2, 0.25) is 0 Å². The molecular formula is C16H19NO2. The molecule has 3 heteroatoms. The lowest BCUT2D eigenvalue weighted by Gasteiger charge is -2.09. The molecule has 0 unspecified atom stereocenters. The maximum atomic E-state index is 5.77. The van der Waals surface area contributed by atoms with Crippen molar-refractivity contribution in [2.24, 2.45) is 0 Å². The second-order valence-electron chi connectivity index (χ2n) is 4.43. The van der Waals surface area contributed by atoms with E-state index >= 15 is 0 Å². The number of nitrogens with zero attached hydrogens (tertiary/aromatic N) is 1. The zero-order valence-electron chi connectivity index (χ0n) is 11.6. The van der Waals surface area contributed by atoms with Gasteiger partial charge in [-0.3, -0.25) is 4.98 Å². The van der Waals surface area contributed by atoms with E-state index < -0.39 is 0 Å². The predicted octanol–water partition coefficient (Wildman–Crippen LogP) is 3.54. The zero-order valence-corrected chi connectivity index (χ0v) is 11.6. The van der Waals surface area contributed by atoms with Crippen LogP contribution in [0, 0.1) is 6.92 Å². The number of hydrogen-bond acceptors (Lipinski definition) is 3. The van der Waals surface area contributed by atoms with Crippen molar-refractivity contribution in [1.29, 1.82) is 0 Å². The van der Waals surface area contributed by atoms with E-state index in [9.17, 15) is 0 Å². The van der Waals surface area contributed by atoms with Gasteiger partial charge in [0, 0.05) is 17.8 Å². The fourth-order valence-electron chi connectivity index (χ4n) is 1.91. The summed E-state index contributed by atoms with van der Waals surface area (Å²) in [7, 11) is 1.66. The average Bonchev–Trinajstić information content (AvgIpc) is 2.44. The smallest absolute Gasteiger partial charge is 0.130 e. The van der Waals surface area contributed by atoms with Crippen molar-refractivity contribution in [2.45, 2.75) is 26.9 Å². The fraction of sp³-hybridized carbons (Fsp3) is 0.312. The molecule has 0 saturated carbocycles. The van der Waals surface area contributed by atoms with E-state index in [-0.39, 0.29) is 0 Å². The Balaban J connectivity index is 2.07. The molecule has 0 fully saturated rings. The maximum absolute atomic E-state index is 5.77. The Morgan fingerprint density at radius 3 is 2.68 bits per heavy atom. The Bertz CT molecular complexity index is 552. The first kappa shape index (κ1) is 13.4. The van der Waals surface area contributed by atoms with E-state index in [1.165, 1.54) is 5.56 Å². The number of methoxy groups -OCH3 is 1. The van der Waals surface area contributed by atoms with Crippen molar-refractivity contribution in [3.05, 3.63) is 53.3 Å². The molecule has 100 valence electrons. The first-order valence-corrected chi connectivity index (χ1v) is 6.44. The summed E-state index contributed by atoms with van der Waals surface area (Å²) in [5, 5.41) is 0. The number of ether oxygens (including phenoxy) is 2. The van der Waals surface area contributed by atoms with Gasteiger partial charge in [-0.2, -0.15) is 0 Å². The van der Waals surface area contributed by atoms with Crippen LogP contribution in [0.1, 0.15) is 23.9 Å². The Kier molecular flexibility index (Phi) is 4.39. The van der Waals surface area contributed by atoms with Gasteiger partial charge in [0.1, 0.15) is 18.1 Å². The summed E-state index contributed by atoms with van der Waals surface area (Å²) >= 11 is 0. The number of aryl methyl sites for hydroxylation is 2. The van der Waals surface area contributed by atoms with Crippen LogP contribution in [0.5, 0.6) is 11.5 Å². The van der Waals surface area contributed by atoms with Crippen LogP contribution in [-0.4, -0.2) is 12.1 Å². The highest BCUT2D eigenvalue weighted by Gasteiger charge is 2.02. The Morgan fingerprint density at radius 2 is 1.95 bits per heavy atom. The summed E-state index contributed by atoms with van der Waals surface area (Å²) in [6, 6.07) is 11.9. The molecule has 2 rings (SSSR count). The highest BCUT2D eigenvalue weighted by molar-refractivity contribution is 5.30. The lowest BCUT2D eigenvalue weighted by Crippen LogP contribution is -2.00. The number of aromatic nitrogens is 1. The van der Waals surface area contributed by atoms with Crippen LogP contribution in [0.25, 0.3) is 0 Å². The molecule has 1 aromatic carbocycles. The molecule has 0 bridgehead atoms. The summed E-state index contributed by atoms with van der Waals surface area (Å²) in [5.41, 5.74) is 3.08. The largest absolute Gasteiger partial charge is 0.497 e. The molecule has 0 aliphatic rings. The Labute approximate surface area is 114 Å². The van der Waals surface area contributed by atoms with E-state index in [0.29, 0.717) is 6.61 Å². The Morgan fingerprint density at radius 1 is 1.11 bits per heavy atom. The second kappa shape index (κ2) is 6.23. The van der Waals surface area contributed by atoms with Crippen LogP contribution in [0.15, 0.2) is 36.4 Å². The van der Waals surface area contributed by atoms with Gasteiger partial charge in [-0.15, -0.1) is 0 Å². The van der Waals surface area contributed by atoms with Crippen LogP contribution in [0.4, 0.5) is 0 Å². The lowest BCUT2D eigenvalue weighted by molar-refractivity contribution is 0.299. The molecule has 1 heterocycles. The van der Waals surface area contributed by atoms with Crippen molar-refractivity contribution < 1.29 is 9.47 Å². The van der Waals surface area contributed by atoms with Gasteiger partial charge in [-0.1, -0.05) is 19.1 Å². The minimum Gasteiger partial charge on any atom is -0.497 e. The van der Waals surface area contributed by atoms with Crippen molar-refractivity contribution in [3.63, 3.8) is 0 Å². The van der Waals surface area contributed by atoms with Gasteiger partial charge in [0.05, 0.1) is 12.8 Å². The average molecular weight is 257 g/mol. The molecule has 3 nitrogen and oxygen atoms in total. The van der Waals surface area contributed by atoms with Crippen molar-refractivity contribution in [1.82, 2.24) is 4.98 Å². The van der Waals surface area contributed by atoms with E-state index in [0.717, 1.165) is 29.3 Å². The third kappa shape index (κ3) is 3.71. The van der Waals surface area contributed by atoms with Crippen molar-refractivity contribution in [2.75, 3.05) is 7.11 Å². The molecule has 0 aliphatic carbocycles. The van der Waals surface area contributed by atoms with Gasteiger partial charge >= 0.3 is 0 Å². The summed E-state index contributed by atoms with van der Waals surface area (Å²) < 4.78 is 11.0. The summed E-state index contributed by atoms with van der Waals surface area (Å²) in [6.07, 6.45) is 1.01. The summed E-state index contributed by atoms with van der Waals surface area (Å²) in [4.78, 5) is 4.43. The van der Waals surface area contributed by atoms with E-state index in [1.54, 1.807) is 7.11 Å². The van der Waals surface area contributed by atoms with Crippen LogP contribution in [-0.2, 0) is 13.0 Å². The second-order valence-corrected chi connectivity index (χ2v) is 4.43.